The molecule has 7 heteroatoms. The molecule has 3 rings (SSSR count). The molecule has 0 fully saturated rings. The van der Waals surface area contributed by atoms with Gasteiger partial charge < -0.3 is 14.8 Å². The van der Waals surface area contributed by atoms with Crippen molar-refractivity contribution in [3.05, 3.63) is 76.4 Å². The van der Waals surface area contributed by atoms with Crippen LogP contribution in [0.5, 0.6) is 5.75 Å². The highest BCUT2D eigenvalue weighted by atomic mass is 32.1. The molecule has 5 nitrogen and oxygen atoms in total. The summed E-state index contributed by atoms with van der Waals surface area (Å²) in [7, 11) is 1.30. The molecular weight excluding hydrogens is 417 g/mol. The maximum atomic E-state index is 13.0. The minimum absolute atomic E-state index is 0.303. The number of ether oxygens (including phenoxy) is 2. The SMILES string of the molecule is CCOc1ccc(-c2c(C)sc(NC(=O)C=Cc3ccc(F)cc3)c2C(=O)OC)cc1. The molecule has 1 N–H and O–H groups in total. The number of thiophene rings is 1. The highest BCUT2D eigenvalue weighted by molar-refractivity contribution is 7.17. The van der Waals surface area contributed by atoms with Crippen LogP contribution in [0.1, 0.15) is 27.7 Å². The number of anilines is 1. The van der Waals surface area contributed by atoms with Crippen molar-refractivity contribution in [2.45, 2.75) is 13.8 Å². The first-order valence-electron chi connectivity index (χ1n) is 9.62. The maximum absolute atomic E-state index is 13.0. The molecule has 1 aromatic heterocycles. The molecule has 0 bridgehead atoms. The zero-order valence-corrected chi connectivity index (χ0v) is 18.2. The fourth-order valence-corrected chi connectivity index (χ4v) is 4.13. The number of aryl methyl sites for hydroxylation is 1. The van der Waals surface area contributed by atoms with Gasteiger partial charge in [-0.3, -0.25) is 4.79 Å². The maximum Gasteiger partial charge on any atom is 0.341 e. The van der Waals surface area contributed by atoms with Gasteiger partial charge in [0.2, 0.25) is 5.91 Å². The zero-order valence-electron chi connectivity index (χ0n) is 17.4. The summed E-state index contributed by atoms with van der Waals surface area (Å²) in [6.07, 6.45) is 2.90. The second kappa shape index (κ2) is 10.0. The van der Waals surface area contributed by atoms with Gasteiger partial charge in [0.15, 0.2) is 0 Å². The number of methoxy groups -OCH3 is 1. The van der Waals surface area contributed by atoms with E-state index in [2.05, 4.69) is 5.32 Å². The van der Waals surface area contributed by atoms with Crippen molar-refractivity contribution in [2.75, 3.05) is 19.0 Å². The average molecular weight is 440 g/mol. The molecule has 0 aliphatic heterocycles. The summed E-state index contributed by atoms with van der Waals surface area (Å²) in [5, 5.41) is 3.17. The summed E-state index contributed by atoms with van der Waals surface area (Å²) < 4.78 is 23.5. The Morgan fingerprint density at radius 3 is 2.39 bits per heavy atom. The Bertz CT molecular complexity index is 1100. The van der Waals surface area contributed by atoms with E-state index in [0.717, 1.165) is 16.2 Å². The third-order valence-corrected chi connectivity index (χ3v) is 5.48. The van der Waals surface area contributed by atoms with Crippen molar-refractivity contribution < 1.29 is 23.5 Å². The number of carbonyl (C=O) groups excluding carboxylic acids is 2. The highest BCUT2D eigenvalue weighted by Crippen LogP contribution is 2.40. The molecule has 0 saturated heterocycles. The van der Waals surface area contributed by atoms with Crippen LogP contribution in [-0.2, 0) is 9.53 Å². The standard InChI is InChI=1S/C24H22FNO4S/c1-4-30-19-12-8-17(9-13-19)21-15(2)31-23(22(21)24(28)29-3)26-20(27)14-7-16-5-10-18(25)11-6-16/h5-14H,4H2,1-3H3,(H,26,27). The fraction of sp³-hybridized carbons (Fsp3) is 0.167. The lowest BCUT2D eigenvalue weighted by Crippen LogP contribution is -2.11. The lowest BCUT2D eigenvalue weighted by atomic mass is 10.0. The van der Waals surface area contributed by atoms with Gasteiger partial charge in [-0.25, -0.2) is 9.18 Å². The van der Waals surface area contributed by atoms with Gasteiger partial charge in [0.25, 0.3) is 0 Å². The monoisotopic (exact) mass is 439 g/mol. The van der Waals surface area contributed by atoms with Crippen LogP contribution in [-0.4, -0.2) is 25.6 Å². The zero-order chi connectivity index (χ0) is 22.4. The normalized spacial score (nSPS) is 10.8. The molecule has 0 spiro atoms. The molecule has 0 aliphatic rings. The quantitative estimate of drug-likeness (QED) is 0.379. The van der Waals surface area contributed by atoms with Gasteiger partial charge in [0.1, 0.15) is 22.1 Å². The van der Waals surface area contributed by atoms with Crippen LogP contribution in [0.15, 0.2) is 54.6 Å². The first kappa shape index (κ1) is 22.2. The van der Waals surface area contributed by atoms with E-state index < -0.39 is 11.9 Å². The number of hydrogen-bond acceptors (Lipinski definition) is 5. The lowest BCUT2D eigenvalue weighted by Gasteiger charge is -2.08. The average Bonchev–Trinajstić information content (AvgIpc) is 3.09. The van der Waals surface area contributed by atoms with Gasteiger partial charge in [0.05, 0.1) is 13.7 Å². The van der Waals surface area contributed by atoms with E-state index in [0.29, 0.717) is 28.3 Å². The smallest absolute Gasteiger partial charge is 0.341 e. The Hall–Kier alpha value is -3.45. The topological polar surface area (TPSA) is 64.6 Å². The third-order valence-electron chi connectivity index (χ3n) is 4.46. The first-order chi connectivity index (χ1) is 14.9. The van der Waals surface area contributed by atoms with Gasteiger partial charge in [-0.05, 0) is 55.3 Å². The Balaban J connectivity index is 1.90. The van der Waals surface area contributed by atoms with Gasteiger partial charge in [0, 0.05) is 16.5 Å². The molecule has 0 aliphatic carbocycles. The highest BCUT2D eigenvalue weighted by Gasteiger charge is 2.24. The number of rotatable bonds is 7. The molecule has 1 amide bonds. The second-order valence-electron chi connectivity index (χ2n) is 6.56. The molecular formula is C24H22FNO4S. The molecule has 0 saturated carbocycles. The lowest BCUT2D eigenvalue weighted by molar-refractivity contribution is -0.111. The molecule has 0 radical (unpaired) electrons. The Morgan fingerprint density at radius 1 is 1.10 bits per heavy atom. The summed E-state index contributed by atoms with van der Waals surface area (Å²) in [5.41, 5.74) is 2.51. The minimum Gasteiger partial charge on any atom is -0.494 e. The minimum atomic E-state index is -0.536. The van der Waals surface area contributed by atoms with Crippen molar-refractivity contribution in [1.29, 1.82) is 0 Å². The van der Waals surface area contributed by atoms with E-state index in [1.807, 2.05) is 38.1 Å². The van der Waals surface area contributed by atoms with Crippen molar-refractivity contribution in [2.24, 2.45) is 0 Å². The Labute approximate surface area is 184 Å². The van der Waals surface area contributed by atoms with Gasteiger partial charge >= 0.3 is 5.97 Å². The van der Waals surface area contributed by atoms with E-state index in [4.69, 9.17) is 9.47 Å². The summed E-state index contributed by atoms with van der Waals surface area (Å²) >= 11 is 1.30. The van der Waals surface area contributed by atoms with Crippen molar-refractivity contribution in [3.63, 3.8) is 0 Å². The molecule has 1 heterocycles. The molecule has 0 atom stereocenters. The predicted molar refractivity (Wildman–Crippen MR) is 121 cm³/mol. The van der Waals surface area contributed by atoms with E-state index in [9.17, 15) is 14.0 Å². The van der Waals surface area contributed by atoms with E-state index in [1.54, 1.807) is 18.2 Å². The van der Waals surface area contributed by atoms with Crippen molar-refractivity contribution in [1.82, 2.24) is 0 Å². The summed E-state index contributed by atoms with van der Waals surface area (Å²) in [5.74, 6) is -0.557. The summed E-state index contributed by atoms with van der Waals surface area (Å²) in [4.78, 5) is 25.9. The summed E-state index contributed by atoms with van der Waals surface area (Å²) in [6, 6.07) is 13.2. The molecule has 31 heavy (non-hydrogen) atoms. The predicted octanol–water partition coefficient (Wildman–Crippen LogP) is 5.70. The summed E-state index contributed by atoms with van der Waals surface area (Å²) in [6.45, 7) is 4.35. The number of nitrogens with one attached hydrogen (secondary N) is 1. The third kappa shape index (κ3) is 5.38. The molecule has 0 unspecified atom stereocenters. The van der Waals surface area contributed by atoms with E-state index in [-0.39, 0.29) is 5.82 Å². The molecule has 160 valence electrons. The fourth-order valence-electron chi connectivity index (χ4n) is 3.06. The number of halogens is 1. The first-order valence-corrected chi connectivity index (χ1v) is 10.4. The van der Waals surface area contributed by atoms with Crippen LogP contribution < -0.4 is 10.1 Å². The number of hydrogen-bond donors (Lipinski definition) is 1. The molecule has 2 aromatic carbocycles. The van der Waals surface area contributed by atoms with Gasteiger partial charge in [-0.15, -0.1) is 11.3 Å². The van der Waals surface area contributed by atoms with Crippen molar-refractivity contribution in [3.8, 4) is 16.9 Å². The van der Waals surface area contributed by atoms with Crippen LogP contribution in [0, 0.1) is 12.7 Å². The Kier molecular flexibility index (Phi) is 7.20. The van der Waals surface area contributed by atoms with Crippen LogP contribution in [0.2, 0.25) is 0 Å². The number of benzene rings is 2. The number of carbonyl (C=O) groups is 2. The van der Waals surface area contributed by atoms with Gasteiger partial charge in [-0.1, -0.05) is 24.3 Å². The second-order valence-corrected chi connectivity index (χ2v) is 7.79. The molecule has 3 aromatic rings. The number of esters is 1. The van der Waals surface area contributed by atoms with Crippen LogP contribution in [0.3, 0.4) is 0 Å². The Morgan fingerprint density at radius 2 is 1.77 bits per heavy atom. The van der Waals surface area contributed by atoms with Crippen LogP contribution in [0.25, 0.3) is 17.2 Å². The van der Waals surface area contributed by atoms with Crippen LogP contribution >= 0.6 is 11.3 Å². The van der Waals surface area contributed by atoms with Crippen LogP contribution in [0.4, 0.5) is 9.39 Å². The largest absolute Gasteiger partial charge is 0.494 e. The van der Waals surface area contributed by atoms with Crippen molar-refractivity contribution >= 4 is 34.3 Å². The number of amides is 1. The van der Waals surface area contributed by atoms with E-state index in [1.165, 1.54) is 36.7 Å². The van der Waals surface area contributed by atoms with Gasteiger partial charge in [-0.2, -0.15) is 0 Å². The van der Waals surface area contributed by atoms with E-state index >= 15 is 0 Å².